The molecule has 0 aromatic heterocycles. The van der Waals surface area contributed by atoms with Crippen molar-refractivity contribution < 1.29 is 0 Å². The van der Waals surface area contributed by atoms with Gasteiger partial charge in [0.1, 0.15) is 11.9 Å². The minimum absolute atomic E-state index is 0.129. The first kappa shape index (κ1) is 14.2. The number of likely N-dealkylation sites (N-methyl/N-ethyl adjacent to an activating group) is 1. The molecule has 3 rings (SSSR count). The zero-order valence-electron chi connectivity index (χ0n) is 12.5. The largest absolute Gasteiger partial charge is 0.384 e. The fourth-order valence-corrected chi connectivity index (χ4v) is 2.82. The lowest BCUT2D eigenvalue weighted by Gasteiger charge is -2.20. The standard InChI is InChI=1S/C18H18N4/c1-22-17(16(12-19)18(20)21-22)15-9-7-14(8-10-15)11-13-5-3-2-4-6-13/h2-10,17,21H,11,20H2,1H3. The highest BCUT2D eigenvalue weighted by molar-refractivity contribution is 5.42. The van der Waals surface area contributed by atoms with E-state index in [-0.39, 0.29) is 6.04 Å². The Balaban J connectivity index is 1.82. The van der Waals surface area contributed by atoms with Crippen molar-refractivity contribution in [3.8, 4) is 6.07 Å². The molecule has 4 nitrogen and oxygen atoms in total. The van der Waals surface area contributed by atoms with Gasteiger partial charge in [0.05, 0.1) is 11.6 Å². The second-order valence-corrected chi connectivity index (χ2v) is 5.47. The maximum Gasteiger partial charge on any atom is 0.127 e. The van der Waals surface area contributed by atoms with Gasteiger partial charge in [-0.25, -0.2) is 5.01 Å². The minimum Gasteiger partial charge on any atom is -0.384 e. The number of nitrogens with two attached hydrogens (primary N) is 1. The maximum atomic E-state index is 9.28. The average Bonchev–Trinajstić information content (AvgIpc) is 2.83. The maximum absolute atomic E-state index is 9.28. The monoisotopic (exact) mass is 290 g/mol. The number of nitrogens with one attached hydrogen (secondary N) is 1. The highest BCUT2D eigenvalue weighted by Gasteiger charge is 2.30. The van der Waals surface area contributed by atoms with Crippen LogP contribution < -0.4 is 11.2 Å². The molecule has 2 aromatic rings. The summed E-state index contributed by atoms with van der Waals surface area (Å²) < 4.78 is 0. The van der Waals surface area contributed by atoms with Crippen molar-refractivity contribution in [2.45, 2.75) is 12.5 Å². The number of benzene rings is 2. The van der Waals surface area contributed by atoms with Crippen LogP contribution in [0.25, 0.3) is 0 Å². The topological polar surface area (TPSA) is 65.1 Å². The number of nitriles is 1. The third-order valence-corrected chi connectivity index (χ3v) is 3.91. The molecular formula is C18H18N4. The van der Waals surface area contributed by atoms with Gasteiger partial charge in [0.15, 0.2) is 0 Å². The van der Waals surface area contributed by atoms with Gasteiger partial charge in [-0.1, -0.05) is 54.6 Å². The van der Waals surface area contributed by atoms with Crippen LogP contribution >= 0.6 is 0 Å². The third kappa shape index (κ3) is 2.67. The van der Waals surface area contributed by atoms with Crippen molar-refractivity contribution in [2.75, 3.05) is 7.05 Å². The van der Waals surface area contributed by atoms with Gasteiger partial charge >= 0.3 is 0 Å². The normalized spacial score (nSPS) is 18.1. The first-order valence-electron chi connectivity index (χ1n) is 7.21. The van der Waals surface area contributed by atoms with E-state index >= 15 is 0 Å². The number of nitrogens with zero attached hydrogens (tertiary/aromatic N) is 2. The van der Waals surface area contributed by atoms with Crippen molar-refractivity contribution in [1.29, 1.82) is 5.26 Å². The lowest BCUT2D eigenvalue weighted by atomic mass is 9.97. The number of rotatable bonds is 3. The molecule has 0 amide bonds. The first-order valence-corrected chi connectivity index (χ1v) is 7.21. The molecule has 0 saturated carbocycles. The molecule has 0 radical (unpaired) electrons. The molecule has 0 fully saturated rings. The minimum atomic E-state index is -0.129. The van der Waals surface area contributed by atoms with Gasteiger partial charge < -0.3 is 11.2 Å². The van der Waals surface area contributed by atoms with E-state index in [1.165, 1.54) is 11.1 Å². The summed E-state index contributed by atoms with van der Waals surface area (Å²) >= 11 is 0. The van der Waals surface area contributed by atoms with Crippen LogP contribution in [0.5, 0.6) is 0 Å². The predicted molar refractivity (Wildman–Crippen MR) is 86.2 cm³/mol. The van der Waals surface area contributed by atoms with Crippen molar-refractivity contribution >= 4 is 0 Å². The summed E-state index contributed by atoms with van der Waals surface area (Å²) in [6, 6.07) is 20.8. The van der Waals surface area contributed by atoms with Crippen LogP contribution in [0.15, 0.2) is 66.0 Å². The number of hydrazine groups is 1. The number of hydrogen-bond acceptors (Lipinski definition) is 4. The summed E-state index contributed by atoms with van der Waals surface area (Å²) in [5.41, 5.74) is 13.0. The number of hydrogen-bond donors (Lipinski definition) is 2. The van der Waals surface area contributed by atoms with E-state index in [4.69, 9.17) is 5.73 Å². The Labute approximate surface area is 130 Å². The smallest absolute Gasteiger partial charge is 0.127 e. The average molecular weight is 290 g/mol. The molecule has 0 saturated heterocycles. The van der Waals surface area contributed by atoms with Crippen molar-refractivity contribution in [3.05, 3.63) is 82.7 Å². The van der Waals surface area contributed by atoms with E-state index in [2.05, 4.69) is 60.0 Å². The molecule has 110 valence electrons. The van der Waals surface area contributed by atoms with Gasteiger partial charge in [0.25, 0.3) is 0 Å². The van der Waals surface area contributed by atoms with E-state index in [0.717, 1.165) is 12.0 Å². The fraction of sp³-hybridized carbons (Fsp3) is 0.167. The van der Waals surface area contributed by atoms with Crippen LogP contribution in [-0.2, 0) is 6.42 Å². The zero-order valence-corrected chi connectivity index (χ0v) is 12.5. The first-order chi connectivity index (χ1) is 10.7. The molecule has 0 aliphatic carbocycles. The molecule has 0 spiro atoms. The summed E-state index contributed by atoms with van der Waals surface area (Å²) in [4.78, 5) is 0. The van der Waals surface area contributed by atoms with Crippen LogP contribution in [0.3, 0.4) is 0 Å². The van der Waals surface area contributed by atoms with Crippen LogP contribution in [0, 0.1) is 11.3 Å². The Morgan fingerprint density at radius 2 is 1.73 bits per heavy atom. The van der Waals surface area contributed by atoms with E-state index < -0.39 is 0 Å². The summed E-state index contributed by atoms with van der Waals surface area (Å²) in [5.74, 6) is 0.434. The Kier molecular flexibility index (Phi) is 3.82. The SMILES string of the molecule is CN1NC(N)=C(C#N)C1c1ccc(Cc2ccccc2)cc1. The molecule has 1 unspecified atom stereocenters. The molecule has 1 aliphatic heterocycles. The van der Waals surface area contributed by atoms with Crippen molar-refractivity contribution in [3.63, 3.8) is 0 Å². The second kappa shape index (κ2) is 5.92. The van der Waals surface area contributed by atoms with Crippen LogP contribution in [0.2, 0.25) is 0 Å². The van der Waals surface area contributed by atoms with Gasteiger partial charge in [-0.3, -0.25) is 0 Å². The molecule has 1 atom stereocenters. The Bertz CT molecular complexity index is 726. The summed E-state index contributed by atoms with van der Waals surface area (Å²) in [6.07, 6.45) is 0.906. The van der Waals surface area contributed by atoms with Gasteiger partial charge in [-0.15, -0.1) is 0 Å². The quantitative estimate of drug-likeness (QED) is 0.911. The fourth-order valence-electron chi connectivity index (χ4n) is 2.82. The van der Waals surface area contributed by atoms with Crippen LogP contribution in [0.1, 0.15) is 22.7 Å². The highest BCUT2D eigenvalue weighted by atomic mass is 15.5. The van der Waals surface area contributed by atoms with Crippen LogP contribution in [0.4, 0.5) is 0 Å². The molecule has 2 aromatic carbocycles. The summed E-state index contributed by atoms with van der Waals surface area (Å²) in [5, 5.41) is 11.1. The van der Waals surface area contributed by atoms with Gasteiger partial charge in [0.2, 0.25) is 0 Å². The third-order valence-electron chi connectivity index (χ3n) is 3.91. The van der Waals surface area contributed by atoms with E-state index in [1.54, 1.807) is 0 Å². The lowest BCUT2D eigenvalue weighted by molar-refractivity contribution is 0.246. The summed E-state index contributed by atoms with van der Waals surface area (Å²) in [7, 11) is 1.89. The molecular weight excluding hydrogens is 272 g/mol. The van der Waals surface area contributed by atoms with Crippen molar-refractivity contribution in [2.24, 2.45) is 5.73 Å². The van der Waals surface area contributed by atoms with Gasteiger partial charge in [-0.05, 0) is 23.1 Å². The summed E-state index contributed by atoms with van der Waals surface area (Å²) in [6.45, 7) is 0. The predicted octanol–water partition coefficient (Wildman–Crippen LogP) is 2.46. The van der Waals surface area contributed by atoms with E-state index in [0.29, 0.717) is 11.4 Å². The van der Waals surface area contributed by atoms with Gasteiger partial charge in [0, 0.05) is 7.05 Å². The van der Waals surface area contributed by atoms with E-state index in [9.17, 15) is 5.26 Å². The molecule has 1 aliphatic rings. The lowest BCUT2D eigenvalue weighted by Crippen LogP contribution is -2.32. The second-order valence-electron chi connectivity index (χ2n) is 5.47. The van der Waals surface area contributed by atoms with E-state index in [1.807, 2.05) is 18.1 Å². The molecule has 3 N–H and O–H groups in total. The molecule has 0 bridgehead atoms. The van der Waals surface area contributed by atoms with Crippen LogP contribution in [-0.4, -0.2) is 12.1 Å². The Hall–Kier alpha value is -2.77. The molecule has 1 heterocycles. The Morgan fingerprint density at radius 3 is 2.36 bits per heavy atom. The molecule has 4 heteroatoms. The molecule has 22 heavy (non-hydrogen) atoms. The van der Waals surface area contributed by atoms with Crippen molar-refractivity contribution in [1.82, 2.24) is 10.4 Å². The zero-order chi connectivity index (χ0) is 15.5. The highest BCUT2D eigenvalue weighted by Crippen LogP contribution is 2.31. The Morgan fingerprint density at radius 1 is 1.09 bits per heavy atom. The van der Waals surface area contributed by atoms with Gasteiger partial charge in [-0.2, -0.15) is 5.26 Å².